The van der Waals surface area contributed by atoms with Crippen LogP contribution >= 0.6 is 0 Å². The van der Waals surface area contributed by atoms with Gasteiger partial charge in [-0.1, -0.05) is 31.0 Å². The van der Waals surface area contributed by atoms with Crippen molar-refractivity contribution in [3.8, 4) is 0 Å². The third-order valence-corrected chi connectivity index (χ3v) is 3.66. The summed E-state index contributed by atoms with van der Waals surface area (Å²) in [5.41, 5.74) is 3.36. The molecule has 2 rings (SSSR count). The van der Waals surface area contributed by atoms with Crippen molar-refractivity contribution in [2.75, 3.05) is 12.4 Å². The highest BCUT2D eigenvalue weighted by molar-refractivity contribution is 5.80. The quantitative estimate of drug-likeness (QED) is 0.899. The first-order chi connectivity index (χ1) is 9.13. The van der Waals surface area contributed by atoms with Crippen LogP contribution in [0.25, 0.3) is 0 Å². The van der Waals surface area contributed by atoms with E-state index < -0.39 is 0 Å². The average Bonchev–Trinajstić information content (AvgIpc) is 2.38. The minimum Gasteiger partial charge on any atom is -0.388 e. The van der Waals surface area contributed by atoms with Gasteiger partial charge in [0.25, 0.3) is 0 Å². The number of anilines is 1. The molecule has 1 aliphatic heterocycles. The van der Waals surface area contributed by atoms with Crippen molar-refractivity contribution in [3.05, 3.63) is 29.3 Å². The first-order valence-electron chi connectivity index (χ1n) is 7.09. The number of ether oxygens (including phenoxy) is 1. The number of hydrogen-bond donors (Lipinski definition) is 1. The first kappa shape index (κ1) is 14.1. The Morgan fingerprint density at radius 3 is 2.84 bits per heavy atom. The maximum atomic E-state index is 11.9. The van der Waals surface area contributed by atoms with Crippen LogP contribution in [-0.2, 0) is 9.53 Å². The number of carbonyl (C=O) groups is 1. The molecule has 104 valence electrons. The van der Waals surface area contributed by atoms with Crippen LogP contribution in [0, 0.1) is 6.92 Å². The third kappa shape index (κ3) is 3.35. The summed E-state index contributed by atoms with van der Waals surface area (Å²) >= 11 is 0. The van der Waals surface area contributed by atoms with Crippen molar-refractivity contribution < 1.29 is 9.53 Å². The van der Waals surface area contributed by atoms with Crippen molar-refractivity contribution in [1.29, 1.82) is 0 Å². The molecule has 1 saturated heterocycles. The first-order valence-corrected chi connectivity index (χ1v) is 7.09. The highest BCUT2D eigenvalue weighted by Crippen LogP contribution is 2.35. The molecular formula is C16H23NO2. The molecule has 2 atom stereocenters. The summed E-state index contributed by atoms with van der Waals surface area (Å²) in [4.78, 5) is 11.9. The van der Waals surface area contributed by atoms with Gasteiger partial charge in [-0.15, -0.1) is 0 Å². The van der Waals surface area contributed by atoms with Crippen molar-refractivity contribution >= 4 is 11.5 Å². The molecule has 0 bridgehead atoms. The summed E-state index contributed by atoms with van der Waals surface area (Å²) in [7, 11) is 1.91. The Balaban J connectivity index is 2.24. The second-order valence-electron chi connectivity index (χ2n) is 5.32. The predicted octanol–water partition coefficient (Wildman–Crippen LogP) is 3.63. The van der Waals surface area contributed by atoms with Gasteiger partial charge in [0.05, 0.1) is 12.2 Å². The monoisotopic (exact) mass is 261 g/mol. The summed E-state index contributed by atoms with van der Waals surface area (Å²) in [6, 6.07) is 6.25. The van der Waals surface area contributed by atoms with Crippen LogP contribution < -0.4 is 5.32 Å². The molecule has 1 heterocycles. The molecule has 3 nitrogen and oxygen atoms in total. The van der Waals surface area contributed by atoms with E-state index in [1.807, 2.05) is 7.05 Å². The molecular weight excluding hydrogens is 238 g/mol. The molecule has 19 heavy (non-hydrogen) atoms. The molecule has 2 unspecified atom stereocenters. The van der Waals surface area contributed by atoms with Crippen LogP contribution in [0.2, 0.25) is 0 Å². The number of ketones is 1. The van der Waals surface area contributed by atoms with Crippen LogP contribution in [0.5, 0.6) is 0 Å². The van der Waals surface area contributed by atoms with E-state index in [0.717, 1.165) is 24.1 Å². The van der Waals surface area contributed by atoms with Gasteiger partial charge < -0.3 is 10.1 Å². The van der Waals surface area contributed by atoms with Gasteiger partial charge in [0.2, 0.25) is 0 Å². The summed E-state index contributed by atoms with van der Waals surface area (Å²) < 4.78 is 6.12. The third-order valence-electron chi connectivity index (χ3n) is 3.66. The summed E-state index contributed by atoms with van der Waals surface area (Å²) in [5.74, 6) is 0.318. The molecule has 0 radical (unpaired) electrons. The van der Waals surface area contributed by atoms with Gasteiger partial charge in [0, 0.05) is 31.1 Å². The Labute approximate surface area is 115 Å². The van der Waals surface area contributed by atoms with E-state index in [9.17, 15) is 4.79 Å². The second kappa shape index (κ2) is 6.20. The van der Waals surface area contributed by atoms with E-state index in [4.69, 9.17) is 4.74 Å². The lowest BCUT2D eigenvalue weighted by molar-refractivity contribution is -0.136. The SMILES string of the molecule is CCCC1CC(=O)CC(c2cc(C)ccc2NC)O1. The van der Waals surface area contributed by atoms with Gasteiger partial charge in [-0.25, -0.2) is 0 Å². The minimum absolute atomic E-state index is 0.0847. The van der Waals surface area contributed by atoms with Crippen molar-refractivity contribution in [2.24, 2.45) is 0 Å². The summed E-state index contributed by atoms with van der Waals surface area (Å²) in [5, 5.41) is 3.19. The Kier molecular flexibility index (Phi) is 4.59. The lowest BCUT2D eigenvalue weighted by Gasteiger charge is -2.30. The molecule has 0 aromatic heterocycles. The van der Waals surface area contributed by atoms with Crippen LogP contribution in [0.4, 0.5) is 5.69 Å². The van der Waals surface area contributed by atoms with Gasteiger partial charge in [-0.2, -0.15) is 0 Å². The molecule has 0 amide bonds. The Hall–Kier alpha value is -1.35. The number of hydrogen-bond acceptors (Lipinski definition) is 3. The van der Waals surface area contributed by atoms with Gasteiger partial charge in [0.1, 0.15) is 5.78 Å². The summed E-state index contributed by atoms with van der Waals surface area (Å²) in [6.07, 6.45) is 3.07. The number of benzene rings is 1. The van der Waals surface area contributed by atoms with Crippen molar-refractivity contribution in [2.45, 2.75) is 51.7 Å². The normalized spacial score (nSPS) is 23.4. The molecule has 0 aliphatic carbocycles. The molecule has 1 N–H and O–H groups in total. The van der Waals surface area contributed by atoms with Gasteiger partial charge in [-0.3, -0.25) is 4.79 Å². The summed E-state index contributed by atoms with van der Waals surface area (Å²) in [6.45, 7) is 4.19. The number of carbonyl (C=O) groups excluding carboxylic acids is 1. The zero-order valence-electron chi connectivity index (χ0n) is 12.0. The minimum atomic E-state index is -0.0971. The lowest BCUT2D eigenvalue weighted by Crippen LogP contribution is -2.28. The van der Waals surface area contributed by atoms with E-state index in [-0.39, 0.29) is 12.2 Å². The lowest BCUT2D eigenvalue weighted by atomic mass is 9.94. The number of Topliss-reactive ketones (excluding diaryl/α,β-unsaturated/α-hetero) is 1. The standard InChI is InChI=1S/C16H23NO2/c1-4-5-13-9-12(18)10-16(19-13)14-8-11(2)6-7-15(14)17-3/h6-8,13,16-17H,4-5,9-10H2,1-3H3. The highest BCUT2D eigenvalue weighted by Gasteiger charge is 2.29. The molecule has 1 aliphatic rings. The molecule has 3 heteroatoms. The van der Waals surface area contributed by atoms with Crippen molar-refractivity contribution in [1.82, 2.24) is 0 Å². The zero-order chi connectivity index (χ0) is 13.8. The van der Waals surface area contributed by atoms with Gasteiger partial charge in [0.15, 0.2) is 0 Å². The van der Waals surface area contributed by atoms with Gasteiger partial charge in [-0.05, 0) is 19.4 Å². The fourth-order valence-corrected chi connectivity index (χ4v) is 2.72. The van der Waals surface area contributed by atoms with E-state index in [2.05, 4.69) is 37.4 Å². The average molecular weight is 261 g/mol. The van der Waals surface area contributed by atoms with Crippen molar-refractivity contribution in [3.63, 3.8) is 0 Å². The molecule has 0 saturated carbocycles. The van der Waals surface area contributed by atoms with E-state index >= 15 is 0 Å². The Morgan fingerprint density at radius 2 is 2.16 bits per heavy atom. The fourth-order valence-electron chi connectivity index (χ4n) is 2.72. The van der Waals surface area contributed by atoms with E-state index in [0.29, 0.717) is 18.6 Å². The molecule has 0 spiro atoms. The second-order valence-corrected chi connectivity index (χ2v) is 5.32. The Bertz CT molecular complexity index is 456. The number of aryl methyl sites for hydroxylation is 1. The maximum absolute atomic E-state index is 11.9. The predicted molar refractivity (Wildman–Crippen MR) is 77.5 cm³/mol. The van der Waals surface area contributed by atoms with Crippen LogP contribution in [0.15, 0.2) is 18.2 Å². The van der Waals surface area contributed by atoms with Crippen LogP contribution in [0.3, 0.4) is 0 Å². The molecule has 1 aromatic rings. The van der Waals surface area contributed by atoms with Crippen LogP contribution in [-0.4, -0.2) is 18.9 Å². The Morgan fingerprint density at radius 1 is 1.37 bits per heavy atom. The largest absolute Gasteiger partial charge is 0.388 e. The number of rotatable bonds is 4. The van der Waals surface area contributed by atoms with Gasteiger partial charge >= 0.3 is 0 Å². The maximum Gasteiger partial charge on any atom is 0.138 e. The molecule has 1 aromatic carbocycles. The molecule has 1 fully saturated rings. The van der Waals surface area contributed by atoms with Crippen LogP contribution in [0.1, 0.15) is 49.8 Å². The number of nitrogens with one attached hydrogen (secondary N) is 1. The zero-order valence-corrected chi connectivity index (χ0v) is 12.0. The fraction of sp³-hybridized carbons (Fsp3) is 0.562. The highest BCUT2D eigenvalue weighted by atomic mass is 16.5. The van der Waals surface area contributed by atoms with E-state index in [1.165, 1.54) is 5.56 Å². The topological polar surface area (TPSA) is 38.3 Å². The smallest absolute Gasteiger partial charge is 0.138 e. The van der Waals surface area contributed by atoms with E-state index in [1.54, 1.807) is 0 Å².